The summed E-state index contributed by atoms with van der Waals surface area (Å²) in [7, 11) is 0. The molecule has 0 aliphatic carbocycles. The van der Waals surface area contributed by atoms with Crippen LogP contribution >= 0.6 is 0 Å². The molecule has 0 radical (unpaired) electrons. The molecule has 5 heteroatoms. The first-order valence-electron chi connectivity index (χ1n) is 8.25. The highest BCUT2D eigenvalue weighted by atomic mass is 16.5. The lowest BCUT2D eigenvalue weighted by Crippen LogP contribution is -2.13. The maximum atomic E-state index is 12.7. The first-order chi connectivity index (χ1) is 12.7. The molecular weight excluding hydrogens is 328 g/mol. The van der Waals surface area contributed by atoms with Crippen LogP contribution in [0.2, 0.25) is 0 Å². The van der Waals surface area contributed by atoms with Crippen LogP contribution in [0.5, 0.6) is 11.5 Å². The molecule has 0 saturated heterocycles. The van der Waals surface area contributed by atoms with E-state index in [4.69, 9.17) is 4.74 Å². The van der Waals surface area contributed by atoms with Gasteiger partial charge in [0, 0.05) is 11.4 Å². The van der Waals surface area contributed by atoms with Crippen molar-refractivity contribution in [1.29, 1.82) is 0 Å². The van der Waals surface area contributed by atoms with Gasteiger partial charge in [0.1, 0.15) is 11.5 Å². The second-order valence-electron chi connectivity index (χ2n) is 5.96. The minimum atomic E-state index is -0.270. The Labute approximate surface area is 150 Å². The fourth-order valence-electron chi connectivity index (χ4n) is 2.86. The van der Waals surface area contributed by atoms with Crippen LogP contribution in [0.1, 0.15) is 15.9 Å². The Morgan fingerprint density at radius 3 is 2.58 bits per heavy atom. The van der Waals surface area contributed by atoms with E-state index < -0.39 is 0 Å². The molecule has 0 bridgehead atoms. The summed E-state index contributed by atoms with van der Waals surface area (Å²) < 4.78 is 5.84. The normalized spacial score (nSPS) is 12.2. The van der Waals surface area contributed by atoms with Crippen LogP contribution in [0.25, 0.3) is 0 Å². The smallest absolute Gasteiger partial charge is 0.259 e. The number of fused-ring (bicyclic) bond motifs is 1. The van der Waals surface area contributed by atoms with Gasteiger partial charge in [-0.3, -0.25) is 9.59 Å². The lowest BCUT2D eigenvalue weighted by atomic mass is 10.1. The van der Waals surface area contributed by atoms with Crippen LogP contribution in [-0.4, -0.2) is 11.8 Å². The molecule has 5 nitrogen and oxygen atoms in total. The molecule has 4 rings (SSSR count). The van der Waals surface area contributed by atoms with Crippen molar-refractivity contribution in [2.24, 2.45) is 0 Å². The molecule has 0 spiro atoms. The average Bonchev–Trinajstić information content (AvgIpc) is 3.02. The van der Waals surface area contributed by atoms with Gasteiger partial charge < -0.3 is 15.4 Å². The van der Waals surface area contributed by atoms with Gasteiger partial charge in [0.05, 0.1) is 12.0 Å². The van der Waals surface area contributed by atoms with Gasteiger partial charge in [-0.1, -0.05) is 30.3 Å². The van der Waals surface area contributed by atoms with E-state index in [1.165, 1.54) is 0 Å². The van der Waals surface area contributed by atoms with Gasteiger partial charge in [-0.05, 0) is 48.0 Å². The van der Waals surface area contributed by atoms with Crippen molar-refractivity contribution in [3.8, 4) is 11.5 Å². The second kappa shape index (κ2) is 6.72. The summed E-state index contributed by atoms with van der Waals surface area (Å²) in [5, 5.41) is 5.65. The van der Waals surface area contributed by atoms with E-state index in [1.54, 1.807) is 30.3 Å². The number of rotatable bonds is 4. The second-order valence-corrected chi connectivity index (χ2v) is 5.96. The first kappa shape index (κ1) is 15.9. The molecular formula is C21H16N2O3. The van der Waals surface area contributed by atoms with E-state index in [0.717, 1.165) is 11.3 Å². The molecule has 3 aromatic rings. The zero-order chi connectivity index (χ0) is 17.9. The number of anilines is 2. The minimum absolute atomic E-state index is 0.0370. The maximum Gasteiger partial charge on any atom is 0.259 e. The molecule has 0 unspecified atom stereocenters. The summed E-state index contributed by atoms with van der Waals surface area (Å²) in [5.74, 6) is 0.836. The molecule has 1 aliphatic heterocycles. The molecule has 0 fully saturated rings. The van der Waals surface area contributed by atoms with Crippen LogP contribution in [0.3, 0.4) is 0 Å². The van der Waals surface area contributed by atoms with E-state index in [-0.39, 0.29) is 11.8 Å². The molecule has 128 valence electrons. The van der Waals surface area contributed by atoms with E-state index in [9.17, 15) is 9.59 Å². The van der Waals surface area contributed by atoms with Gasteiger partial charge in [0.2, 0.25) is 5.91 Å². The Morgan fingerprint density at radius 2 is 1.73 bits per heavy atom. The number of ether oxygens (including phenoxy) is 1. The molecule has 0 atom stereocenters. The average molecular weight is 344 g/mol. The van der Waals surface area contributed by atoms with E-state index in [0.29, 0.717) is 29.2 Å². The van der Waals surface area contributed by atoms with E-state index >= 15 is 0 Å². The van der Waals surface area contributed by atoms with Crippen molar-refractivity contribution < 1.29 is 14.3 Å². The topological polar surface area (TPSA) is 67.4 Å². The van der Waals surface area contributed by atoms with Gasteiger partial charge in [-0.25, -0.2) is 0 Å². The predicted octanol–water partition coefficient (Wildman–Crippen LogP) is 4.23. The molecule has 1 heterocycles. The largest absolute Gasteiger partial charge is 0.457 e. The summed E-state index contributed by atoms with van der Waals surface area (Å²) in [6.45, 7) is 0. The van der Waals surface area contributed by atoms with Crippen molar-refractivity contribution in [3.63, 3.8) is 0 Å². The first-order valence-corrected chi connectivity index (χ1v) is 8.25. The quantitative estimate of drug-likeness (QED) is 0.744. The number of benzene rings is 3. The Kier molecular flexibility index (Phi) is 4.11. The predicted molar refractivity (Wildman–Crippen MR) is 99.7 cm³/mol. The van der Waals surface area contributed by atoms with Gasteiger partial charge in [0.25, 0.3) is 5.91 Å². The highest BCUT2D eigenvalue weighted by molar-refractivity contribution is 6.07. The van der Waals surface area contributed by atoms with Crippen molar-refractivity contribution >= 4 is 23.2 Å². The molecule has 26 heavy (non-hydrogen) atoms. The lowest BCUT2D eigenvalue weighted by molar-refractivity contribution is -0.115. The number of carbonyl (C=O) groups excluding carboxylic acids is 2. The number of para-hydroxylation sites is 2. The van der Waals surface area contributed by atoms with Crippen LogP contribution < -0.4 is 15.4 Å². The van der Waals surface area contributed by atoms with Crippen molar-refractivity contribution in [2.45, 2.75) is 6.42 Å². The molecule has 1 aliphatic rings. The van der Waals surface area contributed by atoms with Crippen LogP contribution in [0.15, 0.2) is 72.8 Å². The fraction of sp³-hybridized carbons (Fsp3) is 0.0476. The summed E-state index contributed by atoms with van der Waals surface area (Å²) in [5.41, 5.74) is 2.74. The third-order valence-electron chi connectivity index (χ3n) is 4.09. The molecule has 3 aromatic carbocycles. The Morgan fingerprint density at radius 1 is 0.962 bits per heavy atom. The fourth-order valence-corrected chi connectivity index (χ4v) is 2.86. The maximum absolute atomic E-state index is 12.7. The van der Waals surface area contributed by atoms with Gasteiger partial charge in [-0.2, -0.15) is 0 Å². The van der Waals surface area contributed by atoms with Gasteiger partial charge in [-0.15, -0.1) is 0 Å². The Bertz CT molecular complexity index is 984. The number of hydrogen-bond acceptors (Lipinski definition) is 3. The minimum Gasteiger partial charge on any atom is -0.457 e. The summed E-state index contributed by atoms with van der Waals surface area (Å²) in [6.07, 6.45) is 0.326. The highest BCUT2D eigenvalue weighted by Gasteiger charge is 2.19. The molecule has 2 N–H and O–H groups in total. The Balaban J connectivity index is 1.56. The highest BCUT2D eigenvalue weighted by Crippen LogP contribution is 2.28. The van der Waals surface area contributed by atoms with Crippen molar-refractivity contribution in [2.75, 3.05) is 10.6 Å². The van der Waals surface area contributed by atoms with Crippen molar-refractivity contribution in [3.05, 3.63) is 83.9 Å². The van der Waals surface area contributed by atoms with Crippen LogP contribution in [-0.2, 0) is 11.2 Å². The lowest BCUT2D eigenvalue weighted by Gasteiger charge is -2.12. The van der Waals surface area contributed by atoms with E-state index in [2.05, 4.69) is 10.6 Å². The number of carbonyl (C=O) groups is 2. The van der Waals surface area contributed by atoms with Crippen LogP contribution in [0, 0.1) is 0 Å². The standard InChI is InChI=1S/C21H16N2O3/c24-20-13-14-12-15(10-11-18(14)23-20)22-21(25)17-8-4-5-9-19(17)26-16-6-2-1-3-7-16/h1-12H,13H2,(H,22,25)(H,23,24). The molecule has 0 aromatic heterocycles. The third kappa shape index (κ3) is 3.28. The third-order valence-corrected chi connectivity index (χ3v) is 4.09. The van der Waals surface area contributed by atoms with Crippen LogP contribution in [0.4, 0.5) is 11.4 Å². The van der Waals surface area contributed by atoms with Gasteiger partial charge in [0.15, 0.2) is 0 Å². The summed E-state index contributed by atoms with van der Waals surface area (Å²) >= 11 is 0. The monoisotopic (exact) mass is 344 g/mol. The molecule has 0 saturated carbocycles. The number of hydrogen-bond donors (Lipinski definition) is 2. The number of amides is 2. The van der Waals surface area contributed by atoms with E-state index in [1.807, 2.05) is 42.5 Å². The van der Waals surface area contributed by atoms with Crippen molar-refractivity contribution in [1.82, 2.24) is 0 Å². The van der Waals surface area contributed by atoms with Gasteiger partial charge >= 0.3 is 0 Å². The molecule has 2 amide bonds. The summed E-state index contributed by atoms with van der Waals surface area (Å²) in [6, 6.07) is 21.8. The SMILES string of the molecule is O=C1Cc2cc(NC(=O)c3ccccc3Oc3ccccc3)ccc2N1. The summed E-state index contributed by atoms with van der Waals surface area (Å²) in [4.78, 5) is 24.2. The Hall–Kier alpha value is -3.60. The zero-order valence-electron chi connectivity index (χ0n) is 13.9. The number of nitrogens with one attached hydrogen (secondary N) is 2. The zero-order valence-corrected chi connectivity index (χ0v) is 13.9.